The normalized spacial score (nSPS) is 15.7. The van der Waals surface area contributed by atoms with Crippen molar-refractivity contribution in [2.75, 3.05) is 5.32 Å². The van der Waals surface area contributed by atoms with E-state index in [-0.39, 0.29) is 10.8 Å². The molecule has 3 N–H and O–H groups in total. The van der Waals surface area contributed by atoms with Crippen LogP contribution in [-0.2, 0) is 14.8 Å². The first-order valence-electron chi connectivity index (χ1n) is 6.30. The average Bonchev–Trinajstić information content (AvgIpc) is 2.74. The van der Waals surface area contributed by atoms with E-state index in [1.54, 1.807) is 36.4 Å². The number of hydrogen-bond acceptors (Lipinski definition) is 3. The van der Waals surface area contributed by atoms with Crippen molar-refractivity contribution in [3.63, 3.8) is 0 Å². The Hall–Kier alpha value is -2.15. The van der Waals surface area contributed by atoms with Gasteiger partial charge in [-0.3, -0.25) is 4.79 Å². The Balaban J connectivity index is 2.09. The fourth-order valence-electron chi connectivity index (χ4n) is 2.26. The smallest absolute Gasteiger partial charge is 0.256 e. The summed E-state index contributed by atoms with van der Waals surface area (Å²) in [5.41, 5.74) is 2.36. The number of primary sulfonamides is 1. The Morgan fingerprint density at radius 1 is 1.14 bits per heavy atom. The van der Waals surface area contributed by atoms with Gasteiger partial charge >= 0.3 is 0 Å². The van der Waals surface area contributed by atoms with Gasteiger partial charge in [0.1, 0.15) is 0 Å². The molecule has 0 saturated carbocycles. The quantitative estimate of drug-likeness (QED) is 0.827. The van der Waals surface area contributed by atoms with Crippen molar-refractivity contribution in [1.29, 1.82) is 0 Å². The predicted octanol–water partition coefficient (Wildman–Crippen LogP) is 2.48. The number of anilines is 1. The van der Waals surface area contributed by atoms with Crippen molar-refractivity contribution in [3.05, 3.63) is 58.6 Å². The molecule has 3 rings (SSSR count). The first kappa shape index (κ1) is 14.8. The summed E-state index contributed by atoms with van der Waals surface area (Å²) < 4.78 is 22.8. The van der Waals surface area contributed by atoms with E-state index in [2.05, 4.69) is 5.32 Å². The summed E-state index contributed by atoms with van der Waals surface area (Å²) in [4.78, 5) is 12.1. The molecule has 0 atom stereocenters. The standard InChI is InChI=1S/C15H11ClN2O3S/c16-10-4-5-12-13(15(19)18-14(12)8-10)7-9-2-1-3-11(6-9)22(17,20)21/h1-8H,(H,18,19)(H2,17,20,21)/b13-7-. The summed E-state index contributed by atoms with van der Waals surface area (Å²) in [7, 11) is -3.79. The molecule has 0 saturated heterocycles. The highest BCUT2D eigenvalue weighted by Gasteiger charge is 2.24. The predicted molar refractivity (Wildman–Crippen MR) is 85.8 cm³/mol. The summed E-state index contributed by atoms with van der Waals surface area (Å²) in [6.07, 6.45) is 1.61. The second kappa shape index (κ2) is 5.24. The highest BCUT2D eigenvalue weighted by Crippen LogP contribution is 2.34. The van der Waals surface area contributed by atoms with E-state index in [9.17, 15) is 13.2 Å². The maximum Gasteiger partial charge on any atom is 0.256 e. The number of nitrogens with one attached hydrogen (secondary N) is 1. The van der Waals surface area contributed by atoms with E-state index < -0.39 is 10.0 Å². The van der Waals surface area contributed by atoms with Gasteiger partial charge in [0.05, 0.1) is 10.6 Å². The third kappa shape index (κ3) is 2.76. The number of benzene rings is 2. The molecule has 7 heteroatoms. The van der Waals surface area contributed by atoms with Gasteiger partial charge < -0.3 is 5.32 Å². The minimum Gasteiger partial charge on any atom is -0.321 e. The zero-order chi connectivity index (χ0) is 15.9. The Bertz CT molecular complexity index is 920. The monoisotopic (exact) mass is 334 g/mol. The van der Waals surface area contributed by atoms with Crippen LogP contribution >= 0.6 is 11.6 Å². The van der Waals surface area contributed by atoms with Crippen LogP contribution in [0, 0.1) is 0 Å². The maximum atomic E-state index is 12.1. The topological polar surface area (TPSA) is 89.3 Å². The number of carbonyl (C=O) groups excluding carboxylic acids is 1. The molecule has 22 heavy (non-hydrogen) atoms. The molecule has 2 aromatic rings. The van der Waals surface area contributed by atoms with Crippen LogP contribution in [0.4, 0.5) is 5.69 Å². The lowest BCUT2D eigenvalue weighted by Gasteiger charge is -2.02. The van der Waals surface area contributed by atoms with E-state index in [4.69, 9.17) is 16.7 Å². The Morgan fingerprint density at radius 3 is 2.64 bits per heavy atom. The second-order valence-corrected chi connectivity index (χ2v) is 6.82. The van der Waals surface area contributed by atoms with Crippen LogP contribution < -0.4 is 10.5 Å². The van der Waals surface area contributed by atoms with Crippen LogP contribution in [0.2, 0.25) is 5.02 Å². The number of rotatable bonds is 2. The van der Waals surface area contributed by atoms with Gasteiger partial charge in [-0.05, 0) is 35.9 Å². The Kier molecular flexibility index (Phi) is 3.52. The molecule has 0 aromatic heterocycles. The van der Waals surface area contributed by atoms with Gasteiger partial charge in [-0.25, -0.2) is 13.6 Å². The number of halogens is 1. The lowest BCUT2D eigenvalue weighted by molar-refractivity contribution is -0.110. The van der Waals surface area contributed by atoms with Crippen LogP contribution in [0.25, 0.3) is 11.6 Å². The van der Waals surface area contributed by atoms with Crippen molar-refractivity contribution in [2.24, 2.45) is 5.14 Å². The second-order valence-electron chi connectivity index (χ2n) is 4.82. The number of fused-ring (bicyclic) bond motifs is 1. The first-order chi connectivity index (χ1) is 10.3. The van der Waals surface area contributed by atoms with Crippen molar-refractivity contribution < 1.29 is 13.2 Å². The van der Waals surface area contributed by atoms with Gasteiger partial charge in [-0.15, -0.1) is 0 Å². The largest absolute Gasteiger partial charge is 0.321 e. The summed E-state index contributed by atoms with van der Waals surface area (Å²) in [6, 6.07) is 11.2. The molecule has 0 radical (unpaired) electrons. The fourth-order valence-corrected chi connectivity index (χ4v) is 3.00. The molecule has 0 fully saturated rings. The Labute approximate surface area is 132 Å². The highest BCUT2D eigenvalue weighted by molar-refractivity contribution is 7.89. The zero-order valence-electron chi connectivity index (χ0n) is 11.2. The van der Waals surface area contributed by atoms with E-state index in [0.717, 1.165) is 5.56 Å². The zero-order valence-corrected chi connectivity index (χ0v) is 12.8. The van der Waals surface area contributed by atoms with Crippen LogP contribution in [0.1, 0.15) is 11.1 Å². The Morgan fingerprint density at radius 2 is 1.91 bits per heavy atom. The molecule has 0 unspecified atom stereocenters. The van der Waals surface area contributed by atoms with Gasteiger partial charge in [0.25, 0.3) is 5.91 Å². The number of carbonyl (C=O) groups is 1. The van der Waals surface area contributed by atoms with Crippen molar-refractivity contribution in [1.82, 2.24) is 0 Å². The van der Waals surface area contributed by atoms with Gasteiger partial charge in [-0.1, -0.05) is 29.8 Å². The molecule has 1 aliphatic heterocycles. The van der Waals surface area contributed by atoms with Gasteiger partial charge in [0.2, 0.25) is 10.0 Å². The van der Waals surface area contributed by atoms with Crippen molar-refractivity contribution in [2.45, 2.75) is 4.90 Å². The van der Waals surface area contributed by atoms with E-state index >= 15 is 0 Å². The lowest BCUT2D eigenvalue weighted by Crippen LogP contribution is -2.12. The number of nitrogens with two attached hydrogens (primary N) is 1. The van der Waals surface area contributed by atoms with Gasteiger partial charge in [0, 0.05) is 16.2 Å². The molecule has 0 spiro atoms. The van der Waals surface area contributed by atoms with E-state index in [1.807, 2.05) is 0 Å². The van der Waals surface area contributed by atoms with Crippen LogP contribution in [0.15, 0.2) is 47.4 Å². The summed E-state index contributed by atoms with van der Waals surface area (Å²) in [5.74, 6) is -0.265. The summed E-state index contributed by atoms with van der Waals surface area (Å²) >= 11 is 5.90. The molecule has 0 bridgehead atoms. The first-order valence-corrected chi connectivity index (χ1v) is 8.23. The SMILES string of the molecule is NS(=O)(=O)c1cccc(/C=C2\C(=O)Nc3cc(Cl)ccc32)c1. The third-order valence-electron chi connectivity index (χ3n) is 3.26. The maximum absolute atomic E-state index is 12.1. The van der Waals surface area contributed by atoms with E-state index in [0.29, 0.717) is 21.8 Å². The van der Waals surface area contributed by atoms with Gasteiger partial charge in [-0.2, -0.15) is 0 Å². The third-order valence-corrected chi connectivity index (χ3v) is 4.41. The molecule has 112 valence electrons. The summed E-state index contributed by atoms with van der Waals surface area (Å²) in [5, 5.41) is 8.36. The minimum absolute atomic E-state index is 0.00316. The fraction of sp³-hybridized carbons (Fsp3) is 0. The average molecular weight is 335 g/mol. The molecule has 1 heterocycles. The molecule has 1 aliphatic rings. The molecule has 1 amide bonds. The van der Waals surface area contributed by atoms with Gasteiger partial charge in [0.15, 0.2) is 0 Å². The molecular formula is C15H11ClN2O3S. The van der Waals surface area contributed by atoms with Crippen LogP contribution in [0.5, 0.6) is 0 Å². The van der Waals surface area contributed by atoms with Crippen molar-refractivity contribution in [3.8, 4) is 0 Å². The number of sulfonamides is 1. The van der Waals surface area contributed by atoms with Crippen molar-refractivity contribution >= 4 is 44.9 Å². The molecule has 0 aliphatic carbocycles. The van der Waals surface area contributed by atoms with Crippen LogP contribution in [0.3, 0.4) is 0 Å². The number of amides is 1. The van der Waals surface area contributed by atoms with Crippen LogP contribution in [-0.4, -0.2) is 14.3 Å². The lowest BCUT2D eigenvalue weighted by atomic mass is 10.0. The molecular weight excluding hydrogens is 324 g/mol. The minimum atomic E-state index is -3.79. The number of hydrogen-bond donors (Lipinski definition) is 2. The summed E-state index contributed by atoms with van der Waals surface area (Å²) in [6.45, 7) is 0. The molecule has 5 nitrogen and oxygen atoms in total. The highest BCUT2D eigenvalue weighted by atomic mass is 35.5. The van der Waals surface area contributed by atoms with E-state index in [1.165, 1.54) is 12.1 Å². The molecule has 2 aromatic carbocycles.